The van der Waals surface area contributed by atoms with E-state index in [0.29, 0.717) is 19.3 Å². The lowest BCUT2D eigenvalue weighted by Crippen LogP contribution is -2.41. The van der Waals surface area contributed by atoms with E-state index in [9.17, 15) is 10.2 Å². The Hall–Kier alpha value is -0.340. The molecule has 0 aromatic rings. The average Bonchev–Trinajstić information content (AvgIpc) is 2.14. The van der Waals surface area contributed by atoms with Crippen LogP contribution in [0.5, 0.6) is 0 Å². The van der Waals surface area contributed by atoms with E-state index < -0.39 is 11.7 Å². The Balaban J connectivity index is 4.31. The summed E-state index contributed by atoms with van der Waals surface area (Å²) < 4.78 is 0. The summed E-state index contributed by atoms with van der Waals surface area (Å²) in [5, 5.41) is 19.7. The van der Waals surface area contributed by atoms with E-state index >= 15 is 0 Å². The summed E-state index contributed by atoms with van der Waals surface area (Å²) >= 11 is 0. The second-order valence-corrected chi connectivity index (χ2v) is 3.45. The SMILES string of the molecule is [CH2]/C=C/CC(O)(CCC)C(O)CC. The Labute approximate surface area is 81.3 Å². The average molecular weight is 185 g/mol. The van der Waals surface area contributed by atoms with Crippen LogP contribution < -0.4 is 0 Å². The van der Waals surface area contributed by atoms with E-state index in [1.54, 1.807) is 12.2 Å². The molecular weight excluding hydrogens is 164 g/mol. The third kappa shape index (κ3) is 3.92. The highest BCUT2D eigenvalue weighted by Crippen LogP contribution is 2.24. The molecule has 2 heteroatoms. The Morgan fingerprint density at radius 3 is 2.46 bits per heavy atom. The normalized spacial score (nSPS) is 18.8. The first kappa shape index (κ1) is 12.7. The Morgan fingerprint density at radius 1 is 1.46 bits per heavy atom. The molecule has 2 atom stereocenters. The number of hydrogen-bond acceptors (Lipinski definition) is 2. The largest absolute Gasteiger partial charge is 0.390 e. The summed E-state index contributed by atoms with van der Waals surface area (Å²) in [5.41, 5.74) is -0.961. The molecule has 0 aliphatic rings. The molecule has 2 unspecified atom stereocenters. The van der Waals surface area contributed by atoms with Crippen LogP contribution in [-0.4, -0.2) is 21.9 Å². The Morgan fingerprint density at radius 2 is 2.08 bits per heavy atom. The zero-order valence-electron chi connectivity index (χ0n) is 8.66. The summed E-state index contributed by atoms with van der Waals surface area (Å²) in [7, 11) is 0. The van der Waals surface area contributed by atoms with Crippen LogP contribution in [0.1, 0.15) is 39.5 Å². The standard InChI is InChI=1S/C11H21O2/c1-4-7-9-11(13,8-5-2)10(12)6-3/h4,7,10,12-13H,1,5-6,8-9H2,2-3H3/b7-4+. The molecule has 0 spiro atoms. The summed E-state index contributed by atoms with van der Waals surface area (Å²) in [5.74, 6) is 0. The van der Waals surface area contributed by atoms with Crippen molar-refractivity contribution in [2.45, 2.75) is 51.2 Å². The number of hydrogen-bond donors (Lipinski definition) is 2. The van der Waals surface area contributed by atoms with Crippen molar-refractivity contribution < 1.29 is 10.2 Å². The topological polar surface area (TPSA) is 40.5 Å². The molecule has 1 radical (unpaired) electrons. The van der Waals surface area contributed by atoms with Gasteiger partial charge in [0.25, 0.3) is 0 Å². The molecule has 0 aliphatic carbocycles. The van der Waals surface area contributed by atoms with Crippen molar-refractivity contribution in [3.8, 4) is 0 Å². The van der Waals surface area contributed by atoms with Gasteiger partial charge >= 0.3 is 0 Å². The van der Waals surface area contributed by atoms with Crippen molar-refractivity contribution in [1.82, 2.24) is 0 Å². The van der Waals surface area contributed by atoms with Gasteiger partial charge in [-0.25, -0.2) is 0 Å². The predicted molar refractivity (Wildman–Crippen MR) is 55.3 cm³/mol. The Kier molecular flexibility index (Phi) is 6.00. The molecule has 0 aromatic carbocycles. The molecule has 77 valence electrons. The Bertz CT molecular complexity index is 154. The van der Waals surface area contributed by atoms with Gasteiger partial charge in [0, 0.05) is 0 Å². The monoisotopic (exact) mass is 185 g/mol. The van der Waals surface area contributed by atoms with Crippen molar-refractivity contribution in [2.24, 2.45) is 0 Å². The van der Waals surface area contributed by atoms with Gasteiger partial charge in [0.2, 0.25) is 0 Å². The van der Waals surface area contributed by atoms with Crippen molar-refractivity contribution in [2.75, 3.05) is 0 Å². The van der Waals surface area contributed by atoms with Gasteiger partial charge in [-0.15, -0.1) is 0 Å². The maximum absolute atomic E-state index is 10.1. The van der Waals surface area contributed by atoms with Crippen LogP contribution in [0.15, 0.2) is 12.2 Å². The molecule has 13 heavy (non-hydrogen) atoms. The van der Waals surface area contributed by atoms with Crippen molar-refractivity contribution in [1.29, 1.82) is 0 Å². The van der Waals surface area contributed by atoms with Crippen LogP contribution >= 0.6 is 0 Å². The molecule has 0 aromatic heterocycles. The van der Waals surface area contributed by atoms with Gasteiger partial charge in [0.05, 0.1) is 11.7 Å². The van der Waals surface area contributed by atoms with Crippen LogP contribution in [0.2, 0.25) is 0 Å². The quantitative estimate of drug-likeness (QED) is 0.665. The van der Waals surface area contributed by atoms with Gasteiger partial charge in [-0.1, -0.05) is 32.4 Å². The molecule has 0 amide bonds. The fourth-order valence-electron chi connectivity index (χ4n) is 1.51. The summed E-state index contributed by atoms with van der Waals surface area (Å²) in [6.07, 6.45) is 5.40. The van der Waals surface area contributed by atoms with Crippen LogP contribution in [0.4, 0.5) is 0 Å². The zero-order chi connectivity index (χ0) is 10.3. The summed E-state index contributed by atoms with van der Waals surface area (Å²) in [6.45, 7) is 7.44. The zero-order valence-corrected chi connectivity index (χ0v) is 8.66. The van der Waals surface area contributed by atoms with Gasteiger partial charge < -0.3 is 10.2 Å². The number of aliphatic hydroxyl groups is 2. The van der Waals surface area contributed by atoms with Gasteiger partial charge in [-0.05, 0) is 26.2 Å². The minimum Gasteiger partial charge on any atom is -0.390 e. The molecule has 0 saturated carbocycles. The van der Waals surface area contributed by atoms with Crippen molar-refractivity contribution in [3.63, 3.8) is 0 Å². The molecule has 0 fully saturated rings. The smallest absolute Gasteiger partial charge is 0.0939 e. The number of aliphatic hydroxyl groups excluding tert-OH is 1. The number of allylic oxidation sites excluding steroid dienone is 1. The molecule has 0 saturated heterocycles. The first-order chi connectivity index (χ1) is 6.10. The van der Waals surface area contributed by atoms with Crippen LogP contribution in [-0.2, 0) is 0 Å². The highest BCUT2D eigenvalue weighted by atomic mass is 16.3. The summed E-state index contributed by atoms with van der Waals surface area (Å²) in [4.78, 5) is 0. The van der Waals surface area contributed by atoms with E-state index in [-0.39, 0.29) is 0 Å². The van der Waals surface area contributed by atoms with Crippen molar-refractivity contribution in [3.05, 3.63) is 19.1 Å². The minimum atomic E-state index is -0.961. The maximum atomic E-state index is 10.1. The molecule has 0 aliphatic heterocycles. The lowest BCUT2D eigenvalue weighted by Gasteiger charge is -2.31. The molecular formula is C11H21O2. The predicted octanol–water partition coefficient (Wildman–Crippen LogP) is 2.07. The fraction of sp³-hybridized carbons (Fsp3) is 0.727. The molecule has 2 N–H and O–H groups in total. The number of rotatable bonds is 6. The van der Waals surface area contributed by atoms with Crippen LogP contribution in [0.25, 0.3) is 0 Å². The second kappa shape index (κ2) is 6.17. The fourth-order valence-corrected chi connectivity index (χ4v) is 1.51. The highest BCUT2D eigenvalue weighted by molar-refractivity contribution is 4.96. The lowest BCUT2D eigenvalue weighted by molar-refractivity contribution is -0.0796. The molecule has 2 nitrogen and oxygen atoms in total. The third-order valence-corrected chi connectivity index (χ3v) is 2.33. The van der Waals surface area contributed by atoms with Crippen LogP contribution in [0.3, 0.4) is 0 Å². The third-order valence-electron chi connectivity index (χ3n) is 2.33. The first-order valence-corrected chi connectivity index (χ1v) is 4.95. The van der Waals surface area contributed by atoms with Crippen molar-refractivity contribution >= 4 is 0 Å². The molecule has 0 heterocycles. The maximum Gasteiger partial charge on any atom is 0.0939 e. The first-order valence-electron chi connectivity index (χ1n) is 4.95. The highest BCUT2D eigenvalue weighted by Gasteiger charge is 2.31. The van der Waals surface area contributed by atoms with E-state index in [1.807, 2.05) is 13.8 Å². The molecule has 0 bridgehead atoms. The van der Waals surface area contributed by atoms with E-state index in [2.05, 4.69) is 6.92 Å². The second-order valence-electron chi connectivity index (χ2n) is 3.45. The van der Waals surface area contributed by atoms with Gasteiger partial charge in [0.1, 0.15) is 0 Å². The van der Waals surface area contributed by atoms with E-state index in [0.717, 1.165) is 6.42 Å². The molecule has 0 rings (SSSR count). The summed E-state index contributed by atoms with van der Waals surface area (Å²) in [6, 6.07) is 0. The van der Waals surface area contributed by atoms with E-state index in [4.69, 9.17) is 0 Å². The lowest BCUT2D eigenvalue weighted by atomic mass is 9.86. The van der Waals surface area contributed by atoms with Crippen LogP contribution in [0, 0.1) is 6.92 Å². The van der Waals surface area contributed by atoms with Gasteiger partial charge in [-0.2, -0.15) is 0 Å². The minimum absolute atomic E-state index is 0.485. The van der Waals surface area contributed by atoms with E-state index in [1.165, 1.54) is 0 Å². The van der Waals surface area contributed by atoms with Gasteiger partial charge in [0.15, 0.2) is 0 Å². The van der Waals surface area contributed by atoms with Gasteiger partial charge in [-0.3, -0.25) is 0 Å².